The highest BCUT2D eigenvalue weighted by molar-refractivity contribution is 7.98. The van der Waals surface area contributed by atoms with Crippen LogP contribution in [0, 0.1) is 6.92 Å². The number of thioether (sulfide) groups is 1. The Morgan fingerprint density at radius 1 is 1.33 bits per heavy atom. The molecule has 4 rings (SSSR count). The van der Waals surface area contributed by atoms with Gasteiger partial charge in [0.15, 0.2) is 0 Å². The van der Waals surface area contributed by atoms with E-state index in [0.717, 1.165) is 40.2 Å². The van der Waals surface area contributed by atoms with Gasteiger partial charge in [-0.1, -0.05) is 35.1 Å². The molecular weight excluding hydrogens is 322 g/mol. The van der Waals surface area contributed by atoms with Gasteiger partial charge >= 0.3 is 0 Å². The van der Waals surface area contributed by atoms with Crippen LogP contribution in [-0.4, -0.2) is 22.1 Å². The van der Waals surface area contributed by atoms with Crippen molar-refractivity contribution in [2.24, 2.45) is 0 Å². The molecule has 3 aromatic rings. The number of aryl methyl sites for hydroxylation is 1. The fourth-order valence-corrected chi connectivity index (χ4v) is 3.32. The third-order valence-corrected chi connectivity index (χ3v) is 4.82. The first-order valence-corrected chi connectivity index (χ1v) is 8.93. The fraction of sp³-hybridized carbons (Fsp3) is 0.278. The van der Waals surface area contributed by atoms with Crippen LogP contribution in [0.25, 0.3) is 10.9 Å². The van der Waals surface area contributed by atoms with E-state index in [1.54, 1.807) is 11.8 Å². The molecule has 1 amide bonds. The number of rotatable bonds is 5. The van der Waals surface area contributed by atoms with Crippen molar-refractivity contribution in [1.82, 2.24) is 15.5 Å². The van der Waals surface area contributed by atoms with Crippen molar-refractivity contribution in [3.8, 4) is 0 Å². The molecule has 1 aromatic carbocycles. The Balaban J connectivity index is 1.63. The molecule has 2 heterocycles. The number of fused-ring (bicyclic) bond motifs is 1. The number of aromatic nitrogens is 2. The number of para-hydroxylation sites is 1. The van der Waals surface area contributed by atoms with Crippen LogP contribution >= 0.6 is 11.8 Å². The smallest absolute Gasteiger partial charge is 0.252 e. The zero-order valence-electron chi connectivity index (χ0n) is 13.3. The van der Waals surface area contributed by atoms with E-state index in [0.29, 0.717) is 17.4 Å². The number of benzene rings is 1. The largest absolute Gasteiger partial charge is 0.360 e. The van der Waals surface area contributed by atoms with Gasteiger partial charge in [-0.25, -0.2) is 4.98 Å². The number of pyridine rings is 1. The first-order valence-electron chi connectivity index (χ1n) is 7.95. The van der Waals surface area contributed by atoms with E-state index >= 15 is 0 Å². The van der Waals surface area contributed by atoms with Crippen LogP contribution in [0.15, 0.2) is 45.9 Å². The van der Waals surface area contributed by atoms with Gasteiger partial charge in [-0.15, -0.1) is 0 Å². The number of nitrogens with one attached hydrogen (secondary N) is 1. The maximum atomic E-state index is 12.6. The normalized spacial score (nSPS) is 14.0. The Morgan fingerprint density at radius 3 is 2.92 bits per heavy atom. The summed E-state index contributed by atoms with van der Waals surface area (Å²) in [6, 6.07) is 11.9. The molecule has 1 fully saturated rings. The maximum absolute atomic E-state index is 12.6. The second-order valence-electron chi connectivity index (χ2n) is 6.00. The molecule has 0 saturated heterocycles. The molecular formula is C18H17N3O2S. The molecule has 6 heteroatoms. The van der Waals surface area contributed by atoms with Crippen LogP contribution in [0.3, 0.4) is 0 Å². The summed E-state index contributed by atoms with van der Waals surface area (Å²) in [5.41, 5.74) is 2.38. The first-order chi connectivity index (χ1) is 11.7. The minimum absolute atomic E-state index is 0.0199. The van der Waals surface area contributed by atoms with Crippen molar-refractivity contribution in [3.05, 3.63) is 53.4 Å². The van der Waals surface area contributed by atoms with E-state index in [1.165, 1.54) is 0 Å². The Morgan fingerprint density at radius 2 is 2.17 bits per heavy atom. The number of carbonyl (C=O) groups excluding carboxylic acids is 1. The van der Waals surface area contributed by atoms with Crippen LogP contribution in [-0.2, 0) is 5.75 Å². The highest BCUT2D eigenvalue weighted by Gasteiger charge is 2.25. The van der Waals surface area contributed by atoms with Gasteiger partial charge in [0.2, 0.25) is 0 Å². The lowest BCUT2D eigenvalue weighted by molar-refractivity contribution is 0.0952. The Bertz CT molecular complexity index is 902. The third-order valence-electron chi connectivity index (χ3n) is 3.89. The average Bonchev–Trinajstić information content (AvgIpc) is 3.31. The van der Waals surface area contributed by atoms with Gasteiger partial charge in [0.1, 0.15) is 5.76 Å². The van der Waals surface area contributed by atoms with E-state index in [9.17, 15) is 4.79 Å². The molecule has 0 spiro atoms. The van der Waals surface area contributed by atoms with Crippen LogP contribution in [0.1, 0.15) is 34.7 Å². The number of amides is 1. The molecule has 1 aliphatic rings. The summed E-state index contributed by atoms with van der Waals surface area (Å²) in [6.07, 6.45) is 2.14. The molecule has 2 aromatic heterocycles. The second-order valence-corrected chi connectivity index (χ2v) is 6.99. The van der Waals surface area contributed by atoms with Crippen molar-refractivity contribution >= 4 is 28.6 Å². The first kappa shape index (κ1) is 15.2. The highest BCUT2D eigenvalue weighted by atomic mass is 32.2. The lowest BCUT2D eigenvalue weighted by atomic mass is 10.1. The van der Waals surface area contributed by atoms with Crippen LogP contribution in [0.2, 0.25) is 0 Å². The third kappa shape index (κ3) is 3.28. The summed E-state index contributed by atoms with van der Waals surface area (Å²) >= 11 is 1.54. The summed E-state index contributed by atoms with van der Waals surface area (Å²) in [5.74, 6) is 1.42. The number of nitrogens with zero attached hydrogens (tertiary/aromatic N) is 2. The zero-order valence-corrected chi connectivity index (χ0v) is 14.1. The predicted octanol–water partition coefficient (Wildman–Crippen LogP) is 3.72. The van der Waals surface area contributed by atoms with E-state index in [4.69, 9.17) is 4.52 Å². The van der Waals surface area contributed by atoms with Gasteiger partial charge in [-0.05, 0) is 31.9 Å². The van der Waals surface area contributed by atoms with E-state index in [-0.39, 0.29) is 5.91 Å². The Hall–Kier alpha value is -2.34. The van der Waals surface area contributed by atoms with E-state index < -0.39 is 0 Å². The molecule has 24 heavy (non-hydrogen) atoms. The molecule has 0 radical (unpaired) electrons. The standard InChI is InChI=1S/C18H17N3O2S/c1-11-8-13(23-21-11)10-24-17-9-15(18(22)19-12-6-7-12)14-4-2-3-5-16(14)20-17/h2-5,8-9,12H,6-7,10H2,1H3,(H,19,22). The van der Waals surface area contributed by atoms with Crippen LogP contribution in [0.4, 0.5) is 0 Å². The minimum atomic E-state index is -0.0199. The topological polar surface area (TPSA) is 68.0 Å². The zero-order chi connectivity index (χ0) is 16.5. The average molecular weight is 339 g/mol. The van der Waals surface area contributed by atoms with E-state index in [2.05, 4.69) is 15.5 Å². The van der Waals surface area contributed by atoms with Gasteiger partial charge in [0, 0.05) is 17.5 Å². The van der Waals surface area contributed by atoms with Gasteiger partial charge in [0.05, 0.1) is 27.6 Å². The SMILES string of the molecule is Cc1cc(CSc2cc(C(=O)NC3CC3)c3ccccc3n2)on1. The molecule has 1 saturated carbocycles. The van der Waals surface area contributed by atoms with Crippen molar-refractivity contribution in [2.45, 2.75) is 36.6 Å². The molecule has 0 aliphatic heterocycles. The molecule has 5 nitrogen and oxygen atoms in total. The number of hydrogen-bond donors (Lipinski definition) is 1. The summed E-state index contributed by atoms with van der Waals surface area (Å²) in [7, 11) is 0. The molecule has 0 unspecified atom stereocenters. The highest BCUT2D eigenvalue weighted by Crippen LogP contribution is 2.28. The summed E-state index contributed by atoms with van der Waals surface area (Å²) < 4.78 is 5.23. The monoisotopic (exact) mass is 339 g/mol. The maximum Gasteiger partial charge on any atom is 0.252 e. The van der Waals surface area contributed by atoms with Crippen LogP contribution in [0.5, 0.6) is 0 Å². The van der Waals surface area contributed by atoms with E-state index in [1.807, 2.05) is 43.3 Å². The fourth-order valence-electron chi connectivity index (χ4n) is 2.53. The van der Waals surface area contributed by atoms with Gasteiger partial charge in [0.25, 0.3) is 5.91 Å². The summed E-state index contributed by atoms with van der Waals surface area (Å²) in [4.78, 5) is 17.2. The summed E-state index contributed by atoms with van der Waals surface area (Å²) in [6.45, 7) is 1.90. The minimum Gasteiger partial charge on any atom is -0.360 e. The number of hydrogen-bond acceptors (Lipinski definition) is 5. The Labute approximate surface area is 143 Å². The molecule has 1 N–H and O–H groups in total. The quantitative estimate of drug-likeness (QED) is 0.718. The molecule has 0 bridgehead atoms. The van der Waals surface area contributed by atoms with Crippen molar-refractivity contribution < 1.29 is 9.32 Å². The van der Waals surface area contributed by atoms with Crippen molar-refractivity contribution in [2.75, 3.05) is 0 Å². The lowest BCUT2D eigenvalue weighted by Gasteiger charge is -2.09. The Kier molecular flexibility index (Phi) is 3.98. The predicted molar refractivity (Wildman–Crippen MR) is 93.0 cm³/mol. The lowest BCUT2D eigenvalue weighted by Crippen LogP contribution is -2.25. The summed E-state index contributed by atoms with van der Waals surface area (Å²) in [5, 5.41) is 8.65. The van der Waals surface area contributed by atoms with Gasteiger partial charge in [-0.2, -0.15) is 0 Å². The van der Waals surface area contributed by atoms with Gasteiger partial charge in [-0.3, -0.25) is 4.79 Å². The molecule has 1 aliphatic carbocycles. The van der Waals surface area contributed by atoms with Crippen molar-refractivity contribution in [3.63, 3.8) is 0 Å². The van der Waals surface area contributed by atoms with Crippen molar-refractivity contribution in [1.29, 1.82) is 0 Å². The number of carbonyl (C=O) groups is 1. The molecule has 0 atom stereocenters. The second kappa shape index (κ2) is 6.28. The van der Waals surface area contributed by atoms with Gasteiger partial charge < -0.3 is 9.84 Å². The van der Waals surface area contributed by atoms with Crippen LogP contribution < -0.4 is 5.32 Å². The molecule has 122 valence electrons.